The summed E-state index contributed by atoms with van der Waals surface area (Å²) in [5, 5.41) is 10.1. The van der Waals surface area contributed by atoms with Crippen LogP contribution in [-0.2, 0) is 14.3 Å². The Bertz CT molecular complexity index is 1680. The maximum absolute atomic E-state index is 15.9. The van der Waals surface area contributed by atoms with E-state index in [1.54, 1.807) is 37.7 Å². The molecule has 4 amide bonds. The van der Waals surface area contributed by atoms with Gasteiger partial charge in [-0.15, -0.1) is 0 Å². The van der Waals surface area contributed by atoms with Gasteiger partial charge in [-0.2, -0.15) is 18.3 Å². The van der Waals surface area contributed by atoms with Crippen LogP contribution in [0, 0.1) is 23.6 Å². The van der Waals surface area contributed by atoms with E-state index in [9.17, 15) is 32.3 Å². The Hall–Kier alpha value is -4.17. The van der Waals surface area contributed by atoms with Crippen molar-refractivity contribution in [3.63, 3.8) is 0 Å². The number of piperazine rings is 1. The summed E-state index contributed by atoms with van der Waals surface area (Å²) in [7, 11) is 0. The monoisotopic (exact) mass is 790 g/mol. The molecule has 3 atom stereocenters. The molecule has 1 aromatic carbocycles. The molecule has 2 aromatic rings. The number of amides is 4. The summed E-state index contributed by atoms with van der Waals surface area (Å²) in [6.07, 6.45) is 5.90. The average molecular weight is 791 g/mol. The first-order chi connectivity index (χ1) is 26.4. The highest BCUT2D eigenvalue weighted by Gasteiger charge is 2.50. The van der Waals surface area contributed by atoms with Gasteiger partial charge < -0.3 is 25.2 Å². The van der Waals surface area contributed by atoms with E-state index < -0.39 is 72.5 Å². The zero-order chi connectivity index (χ0) is 40.9. The molecule has 5 rings (SSSR count). The first kappa shape index (κ1) is 43.0. The third kappa shape index (κ3) is 10.4. The summed E-state index contributed by atoms with van der Waals surface area (Å²) in [6, 6.07) is 2.02. The van der Waals surface area contributed by atoms with Gasteiger partial charge in [-0.25, -0.2) is 9.18 Å². The number of rotatable bonds is 10. The molecule has 1 aromatic heterocycles. The highest BCUT2D eigenvalue weighted by molar-refractivity contribution is 6.01. The molecule has 310 valence electrons. The van der Waals surface area contributed by atoms with Gasteiger partial charge in [0.15, 0.2) is 0 Å². The minimum absolute atomic E-state index is 0.103. The smallest absolute Gasteiger partial charge is 0.410 e. The fourth-order valence-electron chi connectivity index (χ4n) is 8.75. The molecule has 2 aliphatic carbocycles. The highest BCUT2D eigenvalue weighted by atomic mass is 19.4. The summed E-state index contributed by atoms with van der Waals surface area (Å²) in [6.45, 7) is 8.68. The predicted molar refractivity (Wildman–Crippen MR) is 203 cm³/mol. The van der Waals surface area contributed by atoms with Crippen LogP contribution in [-0.4, -0.2) is 86.9 Å². The molecule has 2 heterocycles. The van der Waals surface area contributed by atoms with Gasteiger partial charge in [0.05, 0.1) is 18.2 Å². The molecule has 3 aliphatic rings. The van der Waals surface area contributed by atoms with E-state index in [1.807, 2.05) is 13.8 Å². The Kier molecular flexibility index (Phi) is 13.8. The molecular weight excluding hydrogens is 732 g/mol. The average Bonchev–Trinajstić information content (AvgIpc) is 3.65. The molecule has 1 aliphatic heterocycles. The van der Waals surface area contributed by atoms with E-state index in [-0.39, 0.29) is 41.6 Å². The van der Waals surface area contributed by atoms with Crippen molar-refractivity contribution in [1.29, 1.82) is 0 Å². The lowest BCUT2D eigenvalue weighted by atomic mass is 9.66. The van der Waals surface area contributed by atoms with Crippen LogP contribution in [0.15, 0.2) is 30.5 Å². The predicted octanol–water partition coefficient (Wildman–Crippen LogP) is 8.23. The second-order valence-corrected chi connectivity index (χ2v) is 17.0. The van der Waals surface area contributed by atoms with Crippen LogP contribution in [0.3, 0.4) is 0 Å². The first-order valence-corrected chi connectivity index (χ1v) is 20.2. The number of benzene rings is 1. The number of anilines is 1. The molecule has 1 saturated heterocycles. The van der Waals surface area contributed by atoms with Gasteiger partial charge in [0, 0.05) is 25.3 Å². The number of carbonyl (C=O) groups is 4. The summed E-state index contributed by atoms with van der Waals surface area (Å²) in [4.78, 5) is 56.1. The van der Waals surface area contributed by atoms with Crippen molar-refractivity contribution in [3.05, 3.63) is 47.5 Å². The van der Waals surface area contributed by atoms with Crippen molar-refractivity contribution in [2.24, 2.45) is 17.8 Å². The van der Waals surface area contributed by atoms with E-state index >= 15 is 4.39 Å². The Labute approximate surface area is 327 Å². The van der Waals surface area contributed by atoms with Crippen LogP contribution >= 0.6 is 0 Å². The third-order valence-electron chi connectivity index (χ3n) is 11.5. The van der Waals surface area contributed by atoms with Crippen LogP contribution in [0.25, 0.3) is 0 Å². The lowest BCUT2D eigenvalue weighted by molar-refractivity contribution is -0.200. The Morgan fingerprint density at radius 2 is 1.48 bits per heavy atom. The molecule has 3 fully saturated rings. The van der Waals surface area contributed by atoms with E-state index in [0.29, 0.717) is 10.6 Å². The molecule has 2 saturated carbocycles. The van der Waals surface area contributed by atoms with Crippen LogP contribution in [0.5, 0.6) is 0 Å². The molecule has 0 spiro atoms. The minimum Gasteiger partial charge on any atom is -0.444 e. The summed E-state index contributed by atoms with van der Waals surface area (Å²) < 4.78 is 65.7. The Morgan fingerprint density at radius 1 is 0.875 bits per heavy atom. The van der Waals surface area contributed by atoms with Crippen LogP contribution in [0.2, 0.25) is 0 Å². The fourth-order valence-corrected chi connectivity index (χ4v) is 8.75. The second-order valence-electron chi connectivity index (χ2n) is 17.0. The van der Waals surface area contributed by atoms with Crippen molar-refractivity contribution in [2.75, 3.05) is 25.0 Å². The standard InChI is InChI=1S/C41H58F4N6O5/c1-25(2)51-32(19-20-46-51)36(52)48-35(34(27-13-9-7-10-14-27)28-15-11-8-12-16-28)37(53)47-31-18-17-29(23-30(31)42)26(3)38(54)50-22-21-49(24-33(50)41(43,44)45)39(55)56-40(4,5)6/h17-20,23,25-28,33-35H,7-16,21-22,24H2,1-6H3,(H,47,53)(H,48,52). The number of halogens is 4. The minimum atomic E-state index is -4.84. The number of hydrogen-bond donors (Lipinski definition) is 2. The van der Waals surface area contributed by atoms with Gasteiger partial charge in [0.25, 0.3) is 5.91 Å². The number of ether oxygens (including phenoxy) is 1. The van der Waals surface area contributed by atoms with Crippen molar-refractivity contribution in [1.82, 2.24) is 24.9 Å². The van der Waals surface area contributed by atoms with Gasteiger partial charge in [-0.1, -0.05) is 70.3 Å². The largest absolute Gasteiger partial charge is 0.444 e. The number of nitrogens with zero attached hydrogens (tertiary/aromatic N) is 4. The van der Waals surface area contributed by atoms with E-state index in [2.05, 4.69) is 15.7 Å². The molecular formula is C41H58F4N6O5. The lowest BCUT2D eigenvalue weighted by Gasteiger charge is -2.43. The van der Waals surface area contributed by atoms with E-state index in [0.717, 1.165) is 75.2 Å². The van der Waals surface area contributed by atoms with Gasteiger partial charge in [-0.05, 0) is 83.1 Å². The molecule has 56 heavy (non-hydrogen) atoms. The third-order valence-corrected chi connectivity index (χ3v) is 11.5. The number of alkyl halides is 3. The lowest BCUT2D eigenvalue weighted by Crippen LogP contribution is -2.62. The van der Waals surface area contributed by atoms with Crippen LogP contribution < -0.4 is 10.6 Å². The van der Waals surface area contributed by atoms with Crippen molar-refractivity contribution >= 4 is 29.5 Å². The summed E-state index contributed by atoms with van der Waals surface area (Å²) >= 11 is 0. The van der Waals surface area contributed by atoms with Crippen LogP contribution in [0.4, 0.5) is 28.0 Å². The molecule has 0 bridgehead atoms. The highest BCUT2D eigenvalue weighted by Crippen LogP contribution is 2.42. The van der Waals surface area contributed by atoms with Crippen molar-refractivity contribution in [2.45, 2.75) is 142 Å². The van der Waals surface area contributed by atoms with Gasteiger partial charge in [0.2, 0.25) is 11.8 Å². The zero-order valence-corrected chi connectivity index (χ0v) is 33.5. The van der Waals surface area contributed by atoms with Gasteiger partial charge in [0.1, 0.15) is 29.2 Å². The first-order valence-electron chi connectivity index (χ1n) is 20.2. The van der Waals surface area contributed by atoms with Gasteiger partial charge in [-0.3, -0.25) is 19.1 Å². The van der Waals surface area contributed by atoms with Crippen molar-refractivity contribution in [3.8, 4) is 0 Å². The molecule has 3 unspecified atom stereocenters. The van der Waals surface area contributed by atoms with E-state index in [1.165, 1.54) is 19.1 Å². The number of carbonyl (C=O) groups excluding carboxylic acids is 4. The summed E-state index contributed by atoms with van der Waals surface area (Å²) in [5.74, 6) is -3.70. The zero-order valence-electron chi connectivity index (χ0n) is 33.5. The molecule has 11 nitrogen and oxygen atoms in total. The topological polar surface area (TPSA) is 126 Å². The fraction of sp³-hybridized carbons (Fsp3) is 0.683. The number of hydrogen-bond acceptors (Lipinski definition) is 6. The Balaban J connectivity index is 1.37. The van der Waals surface area contributed by atoms with Gasteiger partial charge >= 0.3 is 12.3 Å². The molecule has 15 heteroatoms. The normalized spacial score (nSPS) is 20.2. The maximum Gasteiger partial charge on any atom is 0.410 e. The summed E-state index contributed by atoms with van der Waals surface area (Å²) in [5.41, 5.74) is -0.649. The quantitative estimate of drug-likeness (QED) is 0.234. The van der Waals surface area contributed by atoms with Crippen LogP contribution in [0.1, 0.15) is 134 Å². The maximum atomic E-state index is 15.9. The molecule has 2 N–H and O–H groups in total. The van der Waals surface area contributed by atoms with E-state index in [4.69, 9.17) is 4.74 Å². The SMILES string of the molecule is CC(C(=O)N1CCN(C(=O)OC(C)(C)C)CC1C(F)(F)F)c1ccc(NC(=O)C(NC(=O)c2ccnn2C(C)C)C(C2CCCCC2)C2CCCCC2)c(F)c1. The molecule has 0 radical (unpaired) electrons. The second kappa shape index (κ2) is 18.0. The number of nitrogens with one attached hydrogen (secondary N) is 2. The van der Waals surface area contributed by atoms with Crippen molar-refractivity contribution < 1.29 is 41.5 Å². The Morgan fingerprint density at radius 3 is 2.02 bits per heavy atom. The number of aromatic nitrogens is 2.